The van der Waals surface area contributed by atoms with E-state index < -0.39 is 0 Å². The molecular weight excluding hydrogens is 276 g/mol. The van der Waals surface area contributed by atoms with E-state index in [0.717, 1.165) is 20.2 Å². The van der Waals surface area contributed by atoms with E-state index in [2.05, 4.69) is 31.0 Å². The third kappa shape index (κ3) is 2.38. The normalized spacial score (nSPS) is 10.6. The molecule has 0 saturated heterocycles. The first-order valence-electron chi connectivity index (χ1n) is 4.31. The minimum Gasteiger partial charge on any atom is -0.248 e. The standard InChI is InChI=1S/C9H9BrN4S/c1-6-3-7(10)4-11-8(6)15-9-12-5-13-14(9)2/h3-5H,1-2H3. The Balaban J connectivity index is 2.29. The van der Waals surface area contributed by atoms with Crippen LogP contribution in [0, 0.1) is 6.92 Å². The average Bonchev–Trinajstić information content (AvgIpc) is 2.57. The minimum atomic E-state index is 0.841. The molecule has 0 unspecified atom stereocenters. The summed E-state index contributed by atoms with van der Waals surface area (Å²) in [5.74, 6) is 0. The molecule has 0 bridgehead atoms. The van der Waals surface area contributed by atoms with Crippen LogP contribution in [0.3, 0.4) is 0 Å². The molecule has 15 heavy (non-hydrogen) atoms. The van der Waals surface area contributed by atoms with E-state index >= 15 is 0 Å². The van der Waals surface area contributed by atoms with Crippen molar-refractivity contribution in [1.82, 2.24) is 19.7 Å². The van der Waals surface area contributed by atoms with Gasteiger partial charge in [0.2, 0.25) is 0 Å². The van der Waals surface area contributed by atoms with Crippen molar-refractivity contribution >= 4 is 27.7 Å². The van der Waals surface area contributed by atoms with Gasteiger partial charge in [-0.05, 0) is 46.2 Å². The average molecular weight is 285 g/mol. The first-order valence-corrected chi connectivity index (χ1v) is 5.92. The zero-order valence-corrected chi connectivity index (χ0v) is 10.7. The van der Waals surface area contributed by atoms with Crippen LogP contribution in [0.2, 0.25) is 0 Å². The number of hydrogen-bond donors (Lipinski definition) is 0. The van der Waals surface area contributed by atoms with E-state index in [9.17, 15) is 0 Å². The molecule has 0 aliphatic carbocycles. The fraction of sp³-hybridized carbons (Fsp3) is 0.222. The monoisotopic (exact) mass is 284 g/mol. The summed E-state index contributed by atoms with van der Waals surface area (Å²) >= 11 is 4.90. The molecule has 0 spiro atoms. The molecule has 0 N–H and O–H groups in total. The first kappa shape index (κ1) is 10.6. The Morgan fingerprint density at radius 1 is 1.40 bits per heavy atom. The number of halogens is 1. The lowest BCUT2D eigenvalue weighted by molar-refractivity contribution is 0.684. The van der Waals surface area contributed by atoms with Gasteiger partial charge in [-0.15, -0.1) is 0 Å². The summed E-state index contributed by atoms with van der Waals surface area (Å²) < 4.78 is 2.72. The lowest BCUT2D eigenvalue weighted by Crippen LogP contribution is -1.94. The predicted molar refractivity (Wildman–Crippen MR) is 61.8 cm³/mol. The SMILES string of the molecule is Cc1cc(Br)cnc1Sc1ncnn1C. The van der Waals surface area contributed by atoms with Gasteiger partial charge in [0.1, 0.15) is 11.4 Å². The predicted octanol–water partition coefficient (Wildman–Crippen LogP) is 2.43. The van der Waals surface area contributed by atoms with Crippen LogP contribution in [0.15, 0.2) is 33.2 Å². The number of aromatic nitrogens is 4. The van der Waals surface area contributed by atoms with E-state index in [1.807, 2.05) is 20.0 Å². The highest BCUT2D eigenvalue weighted by Crippen LogP contribution is 2.27. The van der Waals surface area contributed by atoms with Crippen molar-refractivity contribution in [1.29, 1.82) is 0 Å². The Hall–Kier alpha value is -0.880. The van der Waals surface area contributed by atoms with E-state index in [0.29, 0.717) is 0 Å². The third-order valence-corrected chi connectivity index (χ3v) is 3.46. The zero-order chi connectivity index (χ0) is 10.8. The summed E-state index contributed by atoms with van der Waals surface area (Å²) in [6.45, 7) is 2.02. The van der Waals surface area contributed by atoms with Crippen LogP contribution in [0.5, 0.6) is 0 Å². The third-order valence-electron chi connectivity index (χ3n) is 1.85. The molecule has 2 aromatic rings. The van der Waals surface area contributed by atoms with Gasteiger partial charge < -0.3 is 0 Å². The number of pyridine rings is 1. The van der Waals surface area contributed by atoms with Crippen molar-refractivity contribution in [2.75, 3.05) is 0 Å². The zero-order valence-electron chi connectivity index (χ0n) is 8.31. The van der Waals surface area contributed by atoms with Gasteiger partial charge in [0.15, 0.2) is 5.16 Å². The Morgan fingerprint density at radius 2 is 2.20 bits per heavy atom. The molecule has 2 aromatic heterocycles. The summed E-state index contributed by atoms with van der Waals surface area (Å²) in [7, 11) is 1.86. The highest BCUT2D eigenvalue weighted by Gasteiger charge is 2.07. The summed E-state index contributed by atoms with van der Waals surface area (Å²) in [5, 5.41) is 5.80. The molecule has 6 heteroatoms. The van der Waals surface area contributed by atoms with Crippen molar-refractivity contribution in [3.8, 4) is 0 Å². The second-order valence-corrected chi connectivity index (χ2v) is 4.92. The molecule has 0 amide bonds. The number of nitrogens with zero attached hydrogens (tertiary/aromatic N) is 4. The topological polar surface area (TPSA) is 43.6 Å². The highest BCUT2D eigenvalue weighted by atomic mass is 79.9. The number of hydrogen-bond acceptors (Lipinski definition) is 4. The van der Waals surface area contributed by atoms with Crippen LogP contribution < -0.4 is 0 Å². The lowest BCUT2D eigenvalue weighted by Gasteiger charge is -2.03. The van der Waals surface area contributed by atoms with Gasteiger partial charge in [0, 0.05) is 17.7 Å². The smallest absolute Gasteiger partial charge is 0.192 e. The number of aryl methyl sites for hydroxylation is 2. The fourth-order valence-corrected chi connectivity index (χ4v) is 2.32. The van der Waals surface area contributed by atoms with Crippen molar-refractivity contribution in [3.05, 3.63) is 28.6 Å². The molecule has 0 fully saturated rings. The van der Waals surface area contributed by atoms with Crippen LogP contribution in [-0.4, -0.2) is 19.7 Å². The molecule has 0 saturated carbocycles. The van der Waals surface area contributed by atoms with Crippen LogP contribution in [0.25, 0.3) is 0 Å². The molecule has 78 valence electrons. The van der Waals surface area contributed by atoms with Crippen LogP contribution in [-0.2, 0) is 7.05 Å². The van der Waals surface area contributed by atoms with Gasteiger partial charge in [-0.25, -0.2) is 14.6 Å². The Kier molecular flexibility index (Phi) is 3.06. The fourth-order valence-electron chi connectivity index (χ4n) is 1.10. The summed E-state index contributed by atoms with van der Waals surface area (Å²) in [6, 6.07) is 2.03. The van der Waals surface area contributed by atoms with Crippen molar-refractivity contribution in [2.24, 2.45) is 7.05 Å². The van der Waals surface area contributed by atoms with Crippen LogP contribution in [0.1, 0.15) is 5.56 Å². The first-order chi connectivity index (χ1) is 7.16. The second-order valence-electron chi connectivity index (χ2n) is 3.04. The Morgan fingerprint density at radius 3 is 2.80 bits per heavy atom. The minimum absolute atomic E-state index is 0.841. The van der Waals surface area contributed by atoms with Crippen molar-refractivity contribution in [3.63, 3.8) is 0 Å². The van der Waals surface area contributed by atoms with Gasteiger partial charge in [0.25, 0.3) is 0 Å². The van der Waals surface area contributed by atoms with Crippen molar-refractivity contribution in [2.45, 2.75) is 17.1 Å². The van der Waals surface area contributed by atoms with E-state index in [1.165, 1.54) is 18.1 Å². The Bertz CT molecular complexity index is 483. The maximum atomic E-state index is 4.33. The molecular formula is C9H9BrN4S. The highest BCUT2D eigenvalue weighted by molar-refractivity contribution is 9.10. The van der Waals surface area contributed by atoms with Gasteiger partial charge in [-0.1, -0.05) is 0 Å². The van der Waals surface area contributed by atoms with E-state index in [4.69, 9.17) is 0 Å². The quantitative estimate of drug-likeness (QED) is 0.850. The van der Waals surface area contributed by atoms with Crippen LogP contribution in [0.4, 0.5) is 0 Å². The van der Waals surface area contributed by atoms with Gasteiger partial charge >= 0.3 is 0 Å². The molecule has 0 radical (unpaired) electrons. The maximum absolute atomic E-state index is 4.33. The molecule has 0 atom stereocenters. The van der Waals surface area contributed by atoms with Crippen molar-refractivity contribution < 1.29 is 0 Å². The molecule has 0 aromatic carbocycles. The van der Waals surface area contributed by atoms with E-state index in [1.54, 1.807) is 10.9 Å². The van der Waals surface area contributed by atoms with E-state index in [-0.39, 0.29) is 0 Å². The molecule has 2 heterocycles. The Labute approximate surface area is 100 Å². The number of rotatable bonds is 2. The van der Waals surface area contributed by atoms with Gasteiger partial charge in [-0.2, -0.15) is 5.10 Å². The molecule has 0 aliphatic rings. The molecule has 4 nitrogen and oxygen atoms in total. The second kappa shape index (κ2) is 4.32. The summed E-state index contributed by atoms with van der Waals surface area (Å²) in [6.07, 6.45) is 3.32. The summed E-state index contributed by atoms with van der Waals surface area (Å²) in [5.41, 5.74) is 1.12. The molecule has 0 aliphatic heterocycles. The van der Waals surface area contributed by atoms with Crippen LogP contribution >= 0.6 is 27.7 Å². The lowest BCUT2D eigenvalue weighted by atomic mass is 10.3. The maximum Gasteiger partial charge on any atom is 0.192 e. The van der Waals surface area contributed by atoms with Gasteiger partial charge in [0.05, 0.1) is 0 Å². The molecule has 2 rings (SSSR count). The largest absolute Gasteiger partial charge is 0.248 e. The van der Waals surface area contributed by atoms with Gasteiger partial charge in [-0.3, -0.25) is 0 Å². The summed E-state index contributed by atoms with van der Waals surface area (Å²) in [4.78, 5) is 8.47.